The van der Waals surface area contributed by atoms with Crippen LogP contribution in [0.5, 0.6) is 0 Å². The number of hydrazine groups is 1. The first-order valence-corrected chi connectivity index (χ1v) is 6.80. The summed E-state index contributed by atoms with van der Waals surface area (Å²) in [6.45, 7) is 2.12. The molecule has 0 aliphatic carbocycles. The first kappa shape index (κ1) is 14.4. The van der Waals surface area contributed by atoms with Crippen LogP contribution in [0, 0.1) is 11.6 Å². The van der Waals surface area contributed by atoms with Crippen molar-refractivity contribution in [2.24, 2.45) is 5.84 Å². The highest BCUT2D eigenvalue weighted by Gasteiger charge is 2.09. The maximum atomic E-state index is 13.0. The molecule has 2 nitrogen and oxygen atoms in total. The first-order valence-electron chi connectivity index (χ1n) is 5.65. The molecule has 0 saturated heterocycles. The minimum absolute atomic E-state index is 0.0800. The Hall–Kier alpha value is -0.650. The number of benzene rings is 1. The molecule has 0 bridgehead atoms. The van der Waals surface area contributed by atoms with Crippen molar-refractivity contribution in [1.82, 2.24) is 5.43 Å². The summed E-state index contributed by atoms with van der Waals surface area (Å²) in [5.74, 6) is 5.76. The molecule has 1 unspecified atom stereocenters. The van der Waals surface area contributed by atoms with Crippen LogP contribution in [0.15, 0.2) is 18.2 Å². The van der Waals surface area contributed by atoms with Crippen LogP contribution in [0.3, 0.4) is 0 Å². The maximum Gasteiger partial charge on any atom is 0.159 e. The summed E-state index contributed by atoms with van der Waals surface area (Å²) in [7, 11) is 0. The second-order valence-electron chi connectivity index (χ2n) is 3.89. The zero-order chi connectivity index (χ0) is 12.7. The van der Waals surface area contributed by atoms with Crippen LogP contribution in [0.1, 0.15) is 18.9 Å². The number of nitrogens with one attached hydrogen (secondary N) is 1. The number of rotatable bonds is 7. The van der Waals surface area contributed by atoms with E-state index in [0.29, 0.717) is 6.42 Å². The van der Waals surface area contributed by atoms with Crippen molar-refractivity contribution in [3.63, 3.8) is 0 Å². The van der Waals surface area contributed by atoms with E-state index in [9.17, 15) is 8.78 Å². The molecule has 1 atom stereocenters. The van der Waals surface area contributed by atoms with Crippen molar-refractivity contribution in [3.8, 4) is 0 Å². The van der Waals surface area contributed by atoms with E-state index < -0.39 is 11.6 Å². The normalized spacial score (nSPS) is 12.7. The van der Waals surface area contributed by atoms with Gasteiger partial charge in [0, 0.05) is 11.8 Å². The van der Waals surface area contributed by atoms with Crippen LogP contribution in [-0.2, 0) is 6.42 Å². The molecule has 3 N–H and O–H groups in total. The number of halogens is 2. The summed E-state index contributed by atoms with van der Waals surface area (Å²) >= 11 is 1.80. The van der Waals surface area contributed by atoms with Gasteiger partial charge in [0.15, 0.2) is 11.6 Å². The van der Waals surface area contributed by atoms with Crippen LogP contribution in [-0.4, -0.2) is 17.5 Å². The fraction of sp³-hybridized carbons (Fsp3) is 0.500. The van der Waals surface area contributed by atoms with Crippen molar-refractivity contribution < 1.29 is 8.78 Å². The molecule has 0 aromatic heterocycles. The van der Waals surface area contributed by atoms with Gasteiger partial charge in [0.1, 0.15) is 0 Å². The lowest BCUT2D eigenvalue weighted by Gasteiger charge is -2.15. The molecule has 0 aliphatic heterocycles. The van der Waals surface area contributed by atoms with Gasteiger partial charge in [-0.2, -0.15) is 11.8 Å². The lowest BCUT2D eigenvalue weighted by atomic mass is 10.1. The average molecular weight is 260 g/mol. The largest absolute Gasteiger partial charge is 0.271 e. The number of thioether (sulfide) groups is 1. The SMILES string of the molecule is CCCSCC(Cc1ccc(F)c(F)c1)NN. The van der Waals surface area contributed by atoms with Crippen LogP contribution >= 0.6 is 11.8 Å². The summed E-state index contributed by atoms with van der Waals surface area (Å²) in [4.78, 5) is 0. The number of hydrogen-bond acceptors (Lipinski definition) is 3. The van der Waals surface area contributed by atoms with E-state index in [1.807, 2.05) is 0 Å². The number of nitrogens with two attached hydrogens (primary N) is 1. The minimum Gasteiger partial charge on any atom is -0.271 e. The Bertz CT molecular complexity index is 347. The second kappa shape index (κ2) is 7.63. The van der Waals surface area contributed by atoms with E-state index in [0.717, 1.165) is 29.6 Å². The molecule has 0 aliphatic rings. The standard InChI is InChI=1S/C12H18F2N2S/c1-2-5-17-8-10(16-15)6-9-3-4-11(13)12(14)7-9/h3-4,7,10,16H,2,5-6,8,15H2,1H3. The lowest BCUT2D eigenvalue weighted by molar-refractivity contribution is 0.504. The summed E-state index contributed by atoms with van der Waals surface area (Å²) in [5, 5.41) is 0. The first-order chi connectivity index (χ1) is 8.17. The second-order valence-corrected chi connectivity index (χ2v) is 5.04. The Morgan fingerprint density at radius 2 is 2.12 bits per heavy atom. The summed E-state index contributed by atoms with van der Waals surface area (Å²) < 4.78 is 25.8. The van der Waals surface area contributed by atoms with Gasteiger partial charge in [0.2, 0.25) is 0 Å². The molecule has 0 fully saturated rings. The van der Waals surface area contributed by atoms with Crippen molar-refractivity contribution >= 4 is 11.8 Å². The van der Waals surface area contributed by atoms with Crippen molar-refractivity contribution in [2.75, 3.05) is 11.5 Å². The van der Waals surface area contributed by atoms with Crippen molar-refractivity contribution in [3.05, 3.63) is 35.4 Å². The van der Waals surface area contributed by atoms with Gasteiger partial charge in [-0.1, -0.05) is 13.0 Å². The van der Waals surface area contributed by atoms with Crippen LogP contribution in [0.25, 0.3) is 0 Å². The summed E-state index contributed by atoms with van der Waals surface area (Å²) in [6.07, 6.45) is 1.72. The smallest absolute Gasteiger partial charge is 0.159 e. The molecule has 0 heterocycles. The molecule has 1 aromatic carbocycles. The Labute approximate surface area is 105 Å². The summed E-state index contributed by atoms with van der Waals surface area (Å²) in [6, 6.07) is 4.05. The van der Waals surface area contributed by atoms with Gasteiger partial charge in [-0.05, 0) is 36.3 Å². The van der Waals surface area contributed by atoms with E-state index in [2.05, 4.69) is 12.3 Å². The number of hydrogen-bond donors (Lipinski definition) is 2. The molecule has 1 rings (SSSR count). The highest BCUT2D eigenvalue weighted by molar-refractivity contribution is 7.99. The Morgan fingerprint density at radius 1 is 1.35 bits per heavy atom. The quantitative estimate of drug-likeness (QED) is 0.449. The molecule has 5 heteroatoms. The van der Waals surface area contributed by atoms with E-state index in [1.54, 1.807) is 17.8 Å². The van der Waals surface area contributed by atoms with Gasteiger partial charge in [0.25, 0.3) is 0 Å². The Balaban J connectivity index is 2.51. The van der Waals surface area contributed by atoms with Crippen molar-refractivity contribution in [1.29, 1.82) is 0 Å². The third-order valence-electron chi connectivity index (χ3n) is 2.37. The monoisotopic (exact) mass is 260 g/mol. The fourth-order valence-corrected chi connectivity index (χ4v) is 2.44. The van der Waals surface area contributed by atoms with Crippen LogP contribution < -0.4 is 11.3 Å². The molecule has 0 saturated carbocycles. The maximum absolute atomic E-state index is 13.0. The Morgan fingerprint density at radius 3 is 2.71 bits per heavy atom. The van der Waals surface area contributed by atoms with E-state index >= 15 is 0 Å². The molecule has 17 heavy (non-hydrogen) atoms. The third-order valence-corrected chi connectivity index (χ3v) is 3.70. The van der Waals surface area contributed by atoms with Gasteiger partial charge in [0.05, 0.1) is 0 Å². The fourth-order valence-electron chi connectivity index (χ4n) is 1.49. The van der Waals surface area contributed by atoms with E-state index in [-0.39, 0.29) is 6.04 Å². The predicted molar refractivity (Wildman–Crippen MR) is 68.8 cm³/mol. The molecule has 0 radical (unpaired) electrons. The zero-order valence-corrected chi connectivity index (χ0v) is 10.7. The van der Waals surface area contributed by atoms with Crippen LogP contribution in [0.4, 0.5) is 8.78 Å². The average Bonchev–Trinajstić information content (AvgIpc) is 2.32. The molecular weight excluding hydrogens is 242 g/mol. The lowest BCUT2D eigenvalue weighted by Crippen LogP contribution is -2.38. The third kappa shape index (κ3) is 5.02. The molecule has 96 valence electrons. The summed E-state index contributed by atoms with van der Waals surface area (Å²) in [5.41, 5.74) is 3.46. The van der Waals surface area contributed by atoms with Gasteiger partial charge in [-0.15, -0.1) is 0 Å². The van der Waals surface area contributed by atoms with E-state index in [4.69, 9.17) is 5.84 Å². The minimum atomic E-state index is -0.814. The van der Waals surface area contributed by atoms with Gasteiger partial charge in [-0.25, -0.2) is 8.78 Å². The van der Waals surface area contributed by atoms with Gasteiger partial charge in [-0.3, -0.25) is 11.3 Å². The van der Waals surface area contributed by atoms with Crippen LogP contribution in [0.2, 0.25) is 0 Å². The molecular formula is C12H18F2N2S. The Kier molecular flexibility index (Phi) is 6.47. The van der Waals surface area contributed by atoms with Crippen molar-refractivity contribution in [2.45, 2.75) is 25.8 Å². The predicted octanol–water partition coefficient (Wildman–Crippen LogP) is 2.48. The highest BCUT2D eigenvalue weighted by Crippen LogP contribution is 2.13. The topological polar surface area (TPSA) is 38.0 Å². The highest BCUT2D eigenvalue weighted by atomic mass is 32.2. The zero-order valence-electron chi connectivity index (χ0n) is 9.88. The molecule has 1 aromatic rings. The van der Waals surface area contributed by atoms with Gasteiger partial charge >= 0.3 is 0 Å². The van der Waals surface area contributed by atoms with Gasteiger partial charge < -0.3 is 0 Å². The molecule has 0 amide bonds. The molecule has 0 spiro atoms. The van der Waals surface area contributed by atoms with E-state index in [1.165, 1.54) is 6.07 Å².